The Bertz CT molecular complexity index is 435. The summed E-state index contributed by atoms with van der Waals surface area (Å²) in [5.41, 5.74) is -0.365. The molecule has 0 bridgehead atoms. The molecule has 0 saturated heterocycles. The predicted octanol–water partition coefficient (Wildman–Crippen LogP) is 1.44. The molecular formula is C14H24N2O5. The summed E-state index contributed by atoms with van der Waals surface area (Å²) in [5.74, 6) is -1.54. The van der Waals surface area contributed by atoms with Gasteiger partial charge >= 0.3 is 12.1 Å². The predicted molar refractivity (Wildman–Crippen MR) is 77.9 cm³/mol. The van der Waals surface area contributed by atoms with Gasteiger partial charge < -0.3 is 20.5 Å². The summed E-state index contributed by atoms with van der Waals surface area (Å²) in [6.45, 7) is 8.83. The van der Waals surface area contributed by atoms with Gasteiger partial charge in [-0.15, -0.1) is 0 Å². The molecule has 21 heavy (non-hydrogen) atoms. The van der Waals surface area contributed by atoms with Crippen molar-refractivity contribution in [2.24, 2.45) is 0 Å². The summed E-state index contributed by atoms with van der Waals surface area (Å²) in [6, 6.07) is 0. The standard InChI is InChI=1S/C14H24N2O5/c1-9(10(2)12(18)19)11(17)15-7-6-8-16-13(20)21-14(3,4)5/h6-8H2,1-5H3,(H,15,17)(H,16,20)(H,18,19). The molecule has 0 spiro atoms. The van der Waals surface area contributed by atoms with Crippen molar-refractivity contribution in [3.8, 4) is 0 Å². The topological polar surface area (TPSA) is 105 Å². The second-order valence-corrected chi connectivity index (χ2v) is 5.59. The van der Waals surface area contributed by atoms with Crippen LogP contribution in [0.1, 0.15) is 41.0 Å². The first-order valence-electron chi connectivity index (χ1n) is 6.70. The molecule has 0 saturated carbocycles. The van der Waals surface area contributed by atoms with Gasteiger partial charge in [-0.1, -0.05) is 0 Å². The van der Waals surface area contributed by atoms with Crippen molar-refractivity contribution < 1.29 is 24.2 Å². The quantitative estimate of drug-likeness (QED) is 0.508. The molecular weight excluding hydrogens is 276 g/mol. The number of carbonyl (C=O) groups is 3. The number of carboxylic acid groups (broad SMARTS) is 1. The number of carbonyl (C=O) groups excluding carboxylic acids is 2. The van der Waals surface area contributed by atoms with Gasteiger partial charge in [-0.3, -0.25) is 4.79 Å². The van der Waals surface area contributed by atoms with E-state index in [0.29, 0.717) is 19.5 Å². The van der Waals surface area contributed by atoms with E-state index in [4.69, 9.17) is 9.84 Å². The first-order valence-corrected chi connectivity index (χ1v) is 6.70. The third-order valence-corrected chi connectivity index (χ3v) is 2.53. The third-order valence-electron chi connectivity index (χ3n) is 2.53. The van der Waals surface area contributed by atoms with Gasteiger partial charge in [-0.05, 0) is 41.0 Å². The molecule has 0 unspecified atom stereocenters. The maximum absolute atomic E-state index is 11.6. The van der Waals surface area contributed by atoms with Gasteiger partial charge in [0.05, 0.1) is 0 Å². The van der Waals surface area contributed by atoms with Crippen LogP contribution in [-0.2, 0) is 14.3 Å². The SMILES string of the molecule is CC(C(=O)O)=C(C)C(=O)NCCCNC(=O)OC(C)(C)C. The molecule has 0 heterocycles. The number of hydrogen-bond donors (Lipinski definition) is 3. The van der Waals surface area contributed by atoms with Crippen LogP contribution in [0, 0.1) is 0 Å². The van der Waals surface area contributed by atoms with Gasteiger partial charge in [0.1, 0.15) is 5.60 Å². The van der Waals surface area contributed by atoms with Crippen molar-refractivity contribution in [1.82, 2.24) is 10.6 Å². The normalized spacial score (nSPS) is 12.2. The highest BCUT2D eigenvalue weighted by Crippen LogP contribution is 2.06. The van der Waals surface area contributed by atoms with Crippen LogP contribution in [-0.4, -0.2) is 41.8 Å². The maximum Gasteiger partial charge on any atom is 0.407 e. The van der Waals surface area contributed by atoms with Crippen LogP contribution in [0.3, 0.4) is 0 Å². The Balaban J connectivity index is 3.97. The lowest BCUT2D eigenvalue weighted by atomic mass is 10.1. The Morgan fingerprint density at radius 3 is 2.00 bits per heavy atom. The number of aliphatic carboxylic acids is 1. The summed E-state index contributed by atoms with van der Waals surface area (Å²) < 4.78 is 5.05. The van der Waals surface area contributed by atoms with Crippen LogP contribution in [0.25, 0.3) is 0 Å². The third kappa shape index (κ3) is 8.67. The molecule has 0 aliphatic heterocycles. The van der Waals surface area contributed by atoms with Crippen molar-refractivity contribution in [1.29, 1.82) is 0 Å². The molecule has 0 rings (SSSR count). The number of ether oxygens (including phenoxy) is 1. The number of amides is 2. The molecule has 0 aromatic carbocycles. The molecule has 0 aliphatic carbocycles. The summed E-state index contributed by atoms with van der Waals surface area (Å²) in [5, 5.41) is 13.9. The first-order chi connectivity index (χ1) is 9.54. The average molecular weight is 300 g/mol. The molecule has 0 fully saturated rings. The van der Waals surface area contributed by atoms with E-state index in [9.17, 15) is 14.4 Å². The van der Waals surface area contributed by atoms with Gasteiger partial charge in [0.25, 0.3) is 0 Å². The van der Waals surface area contributed by atoms with Gasteiger partial charge in [0.15, 0.2) is 0 Å². The minimum absolute atomic E-state index is 0.0133. The number of alkyl carbamates (subject to hydrolysis) is 1. The highest BCUT2D eigenvalue weighted by atomic mass is 16.6. The fourth-order valence-electron chi connectivity index (χ4n) is 1.26. The van der Waals surface area contributed by atoms with Crippen LogP contribution in [0.5, 0.6) is 0 Å². The zero-order valence-electron chi connectivity index (χ0n) is 13.2. The molecule has 2 amide bonds. The average Bonchev–Trinajstić information content (AvgIpc) is 2.33. The Labute approximate surface area is 124 Å². The monoisotopic (exact) mass is 300 g/mol. The highest BCUT2D eigenvalue weighted by molar-refractivity contribution is 6.01. The van der Waals surface area contributed by atoms with Gasteiger partial charge in [-0.2, -0.15) is 0 Å². The van der Waals surface area contributed by atoms with Crippen molar-refractivity contribution in [2.45, 2.75) is 46.6 Å². The molecule has 3 N–H and O–H groups in total. The Morgan fingerprint density at radius 2 is 1.52 bits per heavy atom. The molecule has 0 radical (unpaired) electrons. The van der Waals surface area contributed by atoms with E-state index in [1.54, 1.807) is 20.8 Å². The molecule has 120 valence electrons. The minimum atomic E-state index is -1.12. The Hall–Kier alpha value is -2.05. The minimum Gasteiger partial charge on any atom is -0.478 e. The van der Waals surface area contributed by atoms with Crippen LogP contribution in [0.15, 0.2) is 11.1 Å². The van der Waals surface area contributed by atoms with Crippen LogP contribution in [0.4, 0.5) is 4.79 Å². The number of rotatable bonds is 6. The van der Waals surface area contributed by atoms with E-state index in [1.807, 2.05) is 0 Å². The lowest BCUT2D eigenvalue weighted by molar-refractivity contribution is -0.133. The van der Waals surface area contributed by atoms with E-state index >= 15 is 0 Å². The van der Waals surface area contributed by atoms with Crippen molar-refractivity contribution in [3.05, 3.63) is 11.1 Å². The van der Waals surface area contributed by atoms with Crippen molar-refractivity contribution in [3.63, 3.8) is 0 Å². The van der Waals surface area contributed by atoms with E-state index in [0.717, 1.165) is 0 Å². The van der Waals surface area contributed by atoms with Crippen molar-refractivity contribution >= 4 is 18.0 Å². The van der Waals surface area contributed by atoms with Crippen molar-refractivity contribution in [2.75, 3.05) is 13.1 Å². The maximum atomic E-state index is 11.6. The number of nitrogens with one attached hydrogen (secondary N) is 2. The van der Waals surface area contributed by atoms with E-state index in [2.05, 4.69) is 10.6 Å². The van der Waals surface area contributed by atoms with Gasteiger partial charge in [0.2, 0.25) is 5.91 Å². The second kappa shape index (κ2) is 8.28. The molecule has 0 aromatic rings. The molecule has 7 heteroatoms. The largest absolute Gasteiger partial charge is 0.478 e. The summed E-state index contributed by atoms with van der Waals surface area (Å²) in [7, 11) is 0. The molecule has 0 aromatic heterocycles. The Kier molecular flexibility index (Phi) is 7.48. The first kappa shape index (κ1) is 18.9. The second-order valence-electron chi connectivity index (χ2n) is 5.59. The van der Waals surface area contributed by atoms with Crippen LogP contribution >= 0.6 is 0 Å². The lowest BCUT2D eigenvalue weighted by Crippen LogP contribution is -2.34. The zero-order chi connectivity index (χ0) is 16.6. The number of carboxylic acids is 1. The summed E-state index contributed by atoms with van der Waals surface area (Å²) in [4.78, 5) is 33.7. The number of hydrogen-bond acceptors (Lipinski definition) is 4. The lowest BCUT2D eigenvalue weighted by Gasteiger charge is -2.19. The van der Waals surface area contributed by atoms with Gasteiger partial charge in [-0.25, -0.2) is 9.59 Å². The highest BCUT2D eigenvalue weighted by Gasteiger charge is 2.15. The fourth-order valence-corrected chi connectivity index (χ4v) is 1.26. The fraction of sp³-hybridized carbons (Fsp3) is 0.643. The molecule has 0 aliphatic rings. The van der Waals surface area contributed by atoms with Crippen LogP contribution < -0.4 is 10.6 Å². The summed E-state index contributed by atoms with van der Waals surface area (Å²) in [6.07, 6.45) is 0.0105. The van der Waals surface area contributed by atoms with E-state index < -0.39 is 23.6 Å². The molecule has 0 atom stereocenters. The smallest absolute Gasteiger partial charge is 0.407 e. The zero-order valence-corrected chi connectivity index (χ0v) is 13.2. The van der Waals surface area contributed by atoms with Crippen LogP contribution in [0.2, 0.25) is 0 Å². The van der Waals surface area contributed by atoms with E-state index in [1.165, 1.54) is 13.8 Å². The Morgan fingerprint density at radius 1 is 1.00 bits per heavy atom. The summed E-state index contributed by atoms with van der Waals surface area (Å²) >= 11 is 0. The molecule has 7 nitrogen and oxygen atoms in total. The van der Waals surface area contributed by atoms with E-state index in [-0.39, 0.29) is 11.1 Å². The van der Waals surface area contributed by atoms with Gasteiger partial charge in [0, 0.05) is 24.2 Å².